The Kier molecular flexibility index (Phi) is 6.59. The van der Waals surface area contributed by atoms with Gasteiger partial charge in [-0.15, -0.1) is 0 Å². The summed E-state index contributed by atoms with van der Waals surface area (Å²) in [6, 6.07) is 7.36. The summed E-state index contributed by atoms with van der Waals surface area (Å²) in [6.45, 7) is 8.34. The highest BCUT2D eigenvalue weighted by atomic mass is 16.5. The number of aliphatic hydroxyl groups is 1. The summed E-state index contributed by atoms with van der Waals surface area (Å²) in [7, 11) is 0. The van der Waals surface area contributed by atoms with E-state index in [1.165, 1.54) is 4.90 Å². The number of nitrogens with one attached hydrogen (secondary N) is 1. The Labute approximate surface area is 206 Å². The first-order chi connectivity index (χ1) is 16.8. The third kappa shape index (κ3) is 4.45. The van der Waals surface area contributed by atoms with E-state index in [-0.39, 0.29) is 30.7 Å². The summed E-state index contributed by atoms with van der Waals surface area (Å²) in [5, 5.41) is 13.4. The number of likely N-dealkylation sites (tertiary alicyclic amines) is 1. The maximum atomic E-state index is 13.7. The van der Waals surface area contributed by atoms with Crippen molar-refractivity contribution in [2.45, 2.75) is 69.4 Å². The van der Waals surface area contributed by atoms with Gasteiger partial charge in [0.25, 0.3) is 5.91 Å². The fourth-order valence-electron chi connectivity index (χ4n) is 6.09. The van der Waals surface area contributed by atoms with Gasteiger partial charge >= 0.3 is 0 Å². The highest BCUT2D eigenvalue weighted by Crippen LogP contribution is 2.36. The van der Waals surface area contributed by atoms with Crippen molar-refractivity contribution in [3.63, 3.8) is 0 Å². The first-order valence-electron chi connectivity index (χ1n) is 12.8. The number of aliphatic hydroxyl groups excluding tert-OH is 1. The van der Waals surface area contributed by atoms with E-state index < -0.39 is 23.8 Å². The number of Topliss-reactive ketones (excluding diaryl/α,β-unsaturated/α-hetero) is 1. The van der Waals surface area contributed by atoms with E-state index in [4.69, 9.17) is 4.74 Å². The average molecular weight is 485 g/mol. The van der Waals surface area contributed by atoms with Crippen molar-refractivity contribution in [2.75, 3.05) is 44.2 Å². The van der Waals surface area contributed by atoms with Crippen LogP contribution in [0.2, 0.25) is 0 Å². The van der Waals surface area contributed by atoms with Gasteiger partial charge in [0.05, 0.1) is 6.54 Å². The maximum Gasteiger partial charge on any atom is 0.252 e. The molecule has 1 saturated carbocycles. The van der Waals surface area contributed by atoms with Crippen molar-refractivity contribution < 1.29 is 24.2 Å². The summed E-state index contributed by atoms with van der Waals surface area (Å²) < 4.78 is 5.42. The first kappa shape index (κ1) is 24.2. The number of β-amino-alcohol motifs (C(OH)–C–C–N with tert-alkyl or cyclic N) is 1. The average Bonchev–Trinajstić information content (AvgIpc) is 3.57. The molecule has 190 valence electrons. The largest absolute Gasteiger partial charge is 0.388 e. The van der Waals surface area contributed by atoms with Crippen LogP contribution in [0.25, 0.3) is 0 Å². The van der Waals surface area contributed by atoms with Crippen LogP contribution in [0.15, 0.2) is 24.3 Å². The minimum Gasteiger partial charge on any atom is -0.388 e. The van der Waals surface area contributed by atoms with Gasteiger partial charge in [-0.05, 0) is 51.0 Å². The van der Waals surface area contributed by atoms with E-state index in [9.17, 15) is 19.5 Å². The number of piperazine rings is 1. The lowest BCUT2D eigenvalue weighted by molar-refractivity contribution is -0.142. The summed E-state index contributed by atoms with van der Waals surface area (Å²) in [5.41, 5.74) is 0.544. The SMILES string of the molecule is CC(C)N1CCN(c2ccc(C(=O)NC3(C(=O)N4C[C@@H](O)[C@H]5OCC(=O)[C@H]54)CCCC3)cc2)CC1. The van der Waals surface area contributed by atoms with Crippen LogP contribution in [0, 0.1) is 0 Å². The molecule has 3 aliphatic heterocycles. The van der Waals surface area contributed by atoms with Crippen LogP contribution in [0.5, 0.6) is 0 Å². The molecule has 4 fully saturated rings. The van der Waals surface area contributed by atoms with E-state index in [1.807, 2.05) is 24.3 Å². The van der Waals surface area contributed by atoms with Crippen LogP contribution >= 0.6 is 0 Å². The number of amides is 2. The molecular weight excluding hydrogens is 448 g/mol. The zero-order valence-electron chi connectivity index (χ0n) is 20.6. The predicted octanol–water partition coefficient (Wildman–Crippen LogP) is 0.799. The highest BCUT2D eigenvalue weighted by Gasteiger charge is 2.56. The Hall–Kier alpha value is -2.49. The number of anilines is 1. The molecule has 0 aromatic heterocycles. The van der Waals surface area contributed by atoms with Crippen LogP contribution < -0.4 is 10.2 Å². The zero-order chi connectivity index (χ0) is 24.7. The van der Waals surface area contributed by atoms with Crippen LogP contribution in [0.4, 0.5) is 5.69 Å². The van der Waals surface area contributed by atoms with Crippen molar-refractivity contribution in [3.05, 3.63) is 29.8 Å². The summed E-state index contributed by atoms with van der Waals surface area (Å²) in [5.74, 6) is -0.765. The van der Waals surface area contributed by atoms with Gasteiger partial charge in [-0.1, -0.05) is 12.8 Å². The van der Waals surface area contributed by atoms with Gasteiger partial charge in [0.1, 0.15) is 30.4 Å². The number of nitrogens with zero attached hydrogens (tertiary/aromatic N) is 3. The maximum absolute atomic E-state index is 13.7. The number of carbonyl (C=O) groups excluding carboxylic acids is 3. The van der Waals surface area contributed by atoms with E-state index in [0.717, 1.165) is 44.7 Å². The van der Waals surface area contributed by atoms with Gasteiger partial charge in [0.15, 0.2) is 5.78 Å². The molecule has 3 atom stereocenters. The molecule has 0 radical (unpaired) electrons. The molecule has 1 aromatic carbocycles. The monoisotopic (exact) mass is 484 g/mol. The summed E-state index contributed by atoms with van der Waals surface area (Å²) >= 11 is 0. The number of rotatable bonds is 5. The Bertz CT molecular complexity index is 966. The van der Waals surface area contributed by atoms with Crippen molar-refractivity contribution in [1.82, 2.24) is 15.1 Å². The first-order valence-corrected chi connectivity index (χ1v) is 12.8. The third-order valence-electron chi connectivity index (χ3n) is 8.18. The molecule has 1 aromatic rings. The van der Waals surface area contributed by atoms with Crippen LogP contribution in [0.1, 0.15) is 49.9 Å². The van der Waals surface area contributed by atoms with Crippen molar-refractivity contribution in [3.8, 4) is 0 Å². The van der Waals surface area contributed by atoms with Crippen LogP contribution in [0.3, 0.4) is 0 Å². The lowest BCUT2D eigenvalue weighted by atomic mass is 9.93. The lowest BCUT2D eigenvalue weighted by Crippen LogP contribution is -2.60. The second kappa shape index (κ2) is 9.52. The van der Waals surface area contributed by atoms with Crippen molar-refractivity contribution in [2.24, 2.45) is 0 Å². The molecule has 0 spiro atoms. The van der Waals surface area contributed by atoms with Crippen LogP contribution in [-0.2, 0) is 14.3 Å². The molecule has 2 N–H and O–H groups in total. The van der Waals surface area contributed by atoms with E-state index in [0.29, 0.717) is 24.4 Å². The fraction of sp³-hybridized carbons (Fsp3) is 0.654. The minimum atomic E-state index is -1.06. The molecule has 2 amide bonds. The molecule has 3 heterocycles. The molecular formula is C26H36N4O5. The Balaban J connectivity index is 1.27. The van der Waals surface area contributed by atoms with Gasteiger partial charge in [0.2, 0.25) is 5.91 Å². The van der Waals surface area contributed by atoms with Crippen molar-refractivity contribution >= 4 is 23.3 Å². The lowest BCUT2D eigenvalue weighted by Gasteiger charge is -2.38. The van der Waals surface area contributed by atoms with Crippen molar-refractivity contribution in [1.29, 1.82) is 0 Å². The molecule has 5 rings (SSSR count). The molecule has 9 heteroatoms. The number of fused-ring (bicyclic) bond motifs is 1. The summed E-state index contributed by atoms with van der Waals surface area (Å²) in [4.78, 5) is 45.5. The number of hydrogen-bond acceptors (Lipinski definition) is 7. The van der Waals surface area contributed by atoms with Gasteiger partial charge in [-0.2, -0.15) is 0 Å². The Morgan fingerprint density at radius 3 is 2.37 bits per heavy atom. The fourth-order valence-corrected chi connectivity index (χ4v) is 6.09. The van der Waals surface area contributed by atoms with Gasteiger partial charge in [0, 0.05) is 43.5 Å². The molecule has 35 heavy (non-hydrogen) atoms. The minimum absolute atomic E-state index is 0.0519. The highest BCUT2D eigenvalue weighted by molar-refractivity contribution is 6.01. The molecule has 0 unspecified atom stereocenters. The molecule has 1 aliphatic carbocycles. The van der Waals surface area contributed by atoms with E-state index in [2.05, 4.69) is 29.0 Å². The molecule has 4 aliphatic rings. The third-order valence-corrected chi connectivity index (χ3v) is 8.18. The number of ketones is 1. The number of carbonyl (C=O) groups is 3. The quantitative estimate of drug-likeness (QED) is 0.637. The number of ether oxygens (including phenoxy) is 1. The topological polar surface area (TPSA) is 102 Å². The molecule has 0 bridgehead atoms. The van der Waals surface area contributed by atoms with E-state index >= 15 is 0 Å². The standard InChI is InChI=1S/C26H36N4O5/c1-17(2)28-11-13-29(14-12-28)19-7-5-18(6-8-19)24(33)27-26(9-3-4-10-26)25(34)30-15-20(31)23-22(30)21(32)16-35-23/h5-8,17,20,22-23,31H,3-4,9-16H2,1-2H3,(H,27,33)/t20-,22-,23-/m1/s1. The molecule has 9 nitrogen and oxygen atoms in total. The van der Waals surface area contributed by atoms with Gasteiger partial charge in [-0.25, -0.2) is 0 Å². The normalized spacial score (nSPS) is 28.6. The predicted molar refractivity (Wildman–Crippen MR) is 130 cm³/mol. The number of benzene rings is 1. The second-order valence-electron chi connectivity index (χ2n) is 10.6. The van der Waals surface area contributed by atoms with Crippen LogP contribution in [-0.4, -0.2) is 102 Å². The summed E-state index contributed by atoms with van der Waals surface area (Å²) in [6.07, 6.45) is 1.13. The Morgan fingerprint density at radius 1 is 1.09 bits per heavy atom. The smallest absolute Gasteiger partial charge is 0.252 e. The van der Waals surface area contributed by atoms with E-state index in [1.54, 1.807) is 0 Å². The molecule has 3 saturated heterocycles. The second-order valence-corrected chi connectivity index (χ2v) is 10.6. The zero-order valence-corrected chi connectivity index (χ0v) is 20.6. The number of hydrogen-bond donors (Lipinski definition) is 2. The van der Waals surface area contributed by atoms with Gasteiger partial charge < -0.3 is 25.0 Å². The van der Waals surface area contributed by atoms with Gasteiger partial charge in [-0.3, -0.25) is 19.3 Å². The Morgan fingerprint density at radius 2 is 1.74 bits per heavy atom.